The monoisotopic (exact) mass is 432 g/mol. The molecule has 4 nitrogen and oxygen atoms in total. The lowest BCUT2D eigenvalue weighted by atomic mass is 9.98. The lowest BCUT2D eigenvalue weighted by molar-refractivity contribution is 0.271. The van der Waals surface area contributed by atoms with Gasteiger partial charge in [-0.2, -0.15) is 8.75 Å². The van der Waals surface area contributed by atoms with Gasteiger partial charge < -0.3 is 9.47 Å². The molecule has 0 saturated carbocycles. The molecule has 4 aromatic rings. The van der Waals surface area contributed by atoms with E-state index in [0.717, 1.165) is 58.0 Å². The highest BCUT2D eigenvalue weighted by atomic mass is 32.1. The molecule has 0 N–H and O–H groups in total. The number of hydrogen-bond donors (Lipinski definition) is 0. The van der Waals surface area contributed by atoms with E-state index in [0.29, 0.717) is 11.8 Å². The fourth-order valence-corrected chi connectivity index (χ4v) is 3.89. The minimum atomic E-state index is 0.503. The molecule has 0 saturated heterocycles. The van der Waals surface area contributed by atoms with Crippen molar-refractivity contribution >= 4 is 22.8 Å². The zero-order valence-electron chi connectivity index (χ0n) is 18.5. The Morgan fingerprint density at radius 1 is 0.613 bits per heavy atom. The minimum absolute atomic E-state index is 0.503. The summed E-state index contributed by atoms with van der Waals surface area (Å²) >= 11 is 1.25. The van der Waals surface area contributed by atoms with Gasteiger partial charge in [-0.1, -0.05) is 64.1 Å². The van der Waals surface area contributed by atoms with Crippen molar-refractivity contribution in [2.45, 2.75) is 27.7 Å². The zero-order valence-corrected chi connectivity index (χ0v) is 19.3. The van der Waals surface area contributed by atoms with E-state index in [1.165, 1.54) is 11.7 Å². The van der Waals surface area contributed by atoms with E-state index in [1.807, 2.05) is 24.3 Å². The van der Waals surface area contributed by atoms with Gasteiger partial charge in [-0.25, -0.2) is 0 Å². The summed E-state index contributed by atoms with van der Waals surface area (Å²) in [7, 11) is 0. The topological polar surface area (TPSA) is 44.2 Å². The van der Waals surface area contributed by atoms with Crippen molar-refractivity contribution in [3.05, 3.63) is 60.7 Å². The van der Waals surface area contributed by atoms with Crippen LogP contribution >= 0.6 is 11.7 Å². The molecule has 31 heavy (non-hydrogen) atoms. The molecule has 0 atom stereocenters. The molecule has 0 amide bonds. The van der Waals surface area contributed by atoms with Crippen molar-refractivity contribution in [1.82, 2.24) is 8.75 Å². The molecule has 160 valence electrons. The summed E-state index contributed by atoms with van der Waals surface area (Å²) in [4.78, 5) is 0. The number of hydrogen-bond acceptors (Lipinski definition) is 5. The lowest BCUT2D eigenvalue weighted by Crippen LogP contribution is -2.04. The van der Waals surface area contributed by atoms with Gasteiger partial charge in [0.05, 0.1) is 24.9 Å². The molecular weight excluding hydrogens is 404 g/mol. The van der Waals surface area contributed by atoms with E-state index in [1.54, 1.807) is 0 Å². The Balaban J connectivity index is 1.60. The van der Waals surface area contributed by atoms with Crippen LogP contribution in [0.3, 0.4) is 0 Å². The maximum Gasteiger partial charge on any atom is 0.119 e. The first-order valence-electron chi connectivity index (χ1n) is 10.7. The van der Waals surface area contributed by atoms with Crippen LogP contribution in [-0.4, -0.2) is 22.0 Å². The predicted octanol–water partition coefficient (Wildman–Crippen LogP) is 7.09. The van der Waals surface area contributed by atoms with Crippen LogP contribution in [0, 0.1) is 11.8 Å². The number of rotatable bonds is 8. The quantitative estimate of drug-likeness (QED) is 0.298. The molecule has 5 heteroatoms. The Labute approximate surface area is 188 Å². The molecule has 0 aliphatic heterocycles. The first-order chi connectivity index (χ1) is 15.0. The van der Waals surface area contributed by atoms with Gasteiger partial charge in [0.25, 0.3) is 0 Å². The summed E-state index contributed by atoms with van der Waals surface area (Å²) in [6.45, 7) is 10.0. The second-order valence-corrected chi connectivity index (χ2v) is 9.11. The van der Waals surface area contributed by atoms with Gasteiger partial charge in [0.15, 0.2) is 0 Å². The standard InChI is InChI=1S/C26H28N2O2S/c1-17(2)15-29-21-9-5-19(6-10-21)23-13-14-24(26-25(23)27-31-28-26)20-7-11-22(12-8-20)30-16-18(3)4/h5-14,17-18H,15-16H2,1-4H3. The fraction of sp³-hybridized carbons (Fsp3) is 0.308. The van der Waals surface area contributed by atoms with Crippen molar-refractivity contribution in [3.63, 3.8) is 0 Å². The van der Waals surface area contributed by atoms with Gasteiger partial charge in [0, 0.05) is 11.1 Å². The van der Waals surface area contributed by atoms with Crippen LogP contribution in [0.1, 0.15) is 27.7 Å². The van der Waals surface area contributed by atoms with Gasteiger partial charge in [0.2, 0.25) is 0 Å². The van der Waals surface area contributed by atoms with Gasteiger partial charge in [0.1, 0.15) is 22.5 Å². The second kappa shape index (κ2) is 9.48. The Bertz CT molecular complexity index is 1040. The summed E-state index contributed by atoms with van der Waals surface area (Å²) in [5, 5.41) is 0. The lowest BCUT2D eigenvalue weighted by Gasteiger charge is -2.11. The maximum absolute atomic E-state index is 5.81. The molecule has 1 heterocycles. The zero-order chi connectivity index (χ0) is 21.8. The molecule has 0 aliphatic rings. The molecule has 3 aromatic carbocycles. The fourth-order valence-electron chi connectivity index (χ4n) is 3.32. The Morgan fingerprint density at radius 3 is 1.35 bits per heavy atom. The summed E-state index contributed by atoms with van der Waals surface area (Å²) in [5.41, 5.74) is 6.24. The number of ether oxygens (including phenoxy) is 2. The second-order valence-electron chi connectivity index (χ2n) is 8.58. The third-order valence-corrected chi connectivity index (χ3v) is 5.44. The van der Waals surface area contributed by atoms with Gasteiger partial charge in [-0.3, -0.25) is 0 Å². The molecule has 0 radical (unpaired) electrons. The third-order valence-electron chi connectivity index (χ3n) is 4.91. The van der Waals surface area contributed by atoms with Crippen LogP contribution < -0.4 is 9.47 Å². The SMILES string of the molecule is CC(C)COc1ccc(-c2ccc(-c3ccc(OCC(C)C)cc3)c3nsnc23)cc1. The maximum atomic E-state index is 5.81. The summed E-state index contributed by atoms with van der Waals surface area (Å²) in [5.74, 6) is 2.79. The predicted molar refractivity (Wildman–Crippen MR) is 129 cm³/mol. The smallest absolute Gasteiger partial charge is 0.119 e. The van der Waals surface area contributed by atoms with E-state index < -0.39 is 0 Å². The van der Waals surface area contributed by atoms with Crippen LogP contribution in [0.15, 0.2) is 60.7 Å². The molecule has 0 unspecified atom stereocenters. The van der Waals surface area contributed by atoms with Gasteiger partial charge >= 0.3 is 0 Å². The Morgan fingerprint density at radius 2 is 1.00 bits per heavy atom. The first-order valence-corrected chi connectivity index (χ1v) is 11.5. The normalized spacial score (nSPS) is 11.4. The third kappa shape index (κ3) is 5.05. The molecular formula is C26H28N2O2S. The molecule has 4 rings (SSSR count). The van der Waals surface area contributed by atoms with E-state index in [4.69, 9.17) is 9.47 Å². The number of nitrogens with zero attached hydrogens (tertiary/aromatic N) is 2. The van der Waals surface area contributed by atoms with E-state index in [2.05, 4.69) is 72.8 Å². The van der Waals surface area contributed by atoms with Crippen LogP contribution in [-0.2, 0) is 0 Å². The van der Waals surface area contributed by atoms with Gasteiger partial charge in [-0.15, -0.1) is 0 Å². The largest absolute Gasteiger partial charge is 0.493 e. The highest BCUT2D eigenvalue weighted by Gasteiger charge is 2.14. The van der Waals surface area contributed by atoms with Gasteiger partial charge in [-0.05, 0) is 47.2 Å². The van der Waals surface area contributed by atoms with Crippen molar-refractivity contribution in [3.8, 4) is 33.8 Å². The molecule has 0 spiro atoms. The molecule has 0 bridgehead atoms. The average Bonchev–Trinajstić information content (AvgIpc) is 3.26. The van der Waals surface area contributed by atoms with E-state index in [9.17, 15) is 0 Å². The summed E-state index contributed by atoms with van der Waals surface area (Å²) < 4.78 is 20.8. The molecule has 0 aliphatic carbocycles. The summed E-state index contributed by atoms with van der Waals surface area (Å²) in [6, 6.07) is 20.7. The first kappa shape index (κ1) is 21.3. The summed E-state index contributed by atoms with van der Waals surface area (Å²) in [6.07, 6.45) is 0. The van der Waals surface area contributed by atoms with Crippen molar-refractivity contribution < 1.29 is 9.47 Å². The van der Waals surface area contributed by atoms with Crippen LogP contribution in [0.2, 0.25) is 0 Å². The molecule has 0 fully saturated rings. The average molecular weight is 433 g/mol. The Hall–Kier alpha value is -2.92. The van der Waals surface area contributed by atoms with E-state index in [-0.39, 0.29) is 0 Å². The number of aromatic nitrogens is 2. The van der Waals surface area contributed by atoms with Crippen molar-refractivity contribution in [2.75, 3.05) is 13.2 Å². The Kier molecular flexibility index (Phi) is 6.52. The van der Waals surface area contributed by atoms with Crippen LogP contribution in [0.25, 0.3) is 33.3 Å². The van der Waals surface area contributed by atoms with E-state index >= 15 is 0 Å². The van der Waals surface area contributed by atoms with Crippen molar-refractivity contribution in [2.24, 2.45) is 11.8 Å². The van der Waals surface area contributed by atoms with Crippen LogP contribution in [0.5, 0.6) is 11.5 Å². The van der Waals surface area contributed by atoms with Crippen LogP contribution in [0.4, 0.5) is 0 Å². The molecule has 1 aromatic heterocycles. The number of benzene rings is 3. The van der Waals surface area contributed by atoms with Crippen molar-refractivity contribution in [1.29, 1.82) is 0 Å². The number of fused-ring (bicyclic) bond motifs is 1. The minimum Gasteiger partial charge on any atom is -0.493 e. The highest BCUT2D eigenvalue weighted by Crippen LogP contribution is 2.35. The highest BCUT2D eigenvalue weighted by molar-refractivity contribution is 7.00.